The zero-order valence-corrected chi connectivity index (χ0v) is 20.0. The summed E-state index contributed by atoms with van der Waals surface area (Å²) in [7, 11) is -3.24. The fraction of sp³-hybridized carbons (Fsp3) is 0.400. The molecule has 0 unspecified atom stereocenters. The second kappa shape index (κ2) is 8.46. The predicted octanol–water partition coefficient (Wildman–Crippen LogP) is 1.70. The molecule has 1 saturated heterocycles. The van der Waals surface area contributed by atoms with Crippen LogP contribution < -0.4 is 10.3 Å². The van der Waals surface area contributed by atoms with Crippen LogP contribution in [0.15, 0.2) is 41.2 Å². The third-order valence-electron chi connectivity index (χ3n) is 7.05. The number of amides is 1. The van der Waals surface area contributed by atoms with Crippen molar-refractivity contribution in [2.75, 3.05) is 32.8 Å². The summed E-state index contributed by atoms with van der Waals surface area (Å²) >= 11 is 0. The highest BCUT2D eigenvalue weighted by Crippen LogP contribution is 2.34. The molecular weight excluding hydrogens is 468 g/mol. The Bertz CT molecular complexity index is 1490. The van der Waals surface area contributed by atoms with E-state index in [0.29, 0.717) is 55.9 Å². The standard InChI is InChI=1S/C25H26N4O5S/c30-24-20-4-2-1-3-19(20)22(26-27-24)15-16-13-17-7-12-34-23(17)21(14-16)25(31)28-8-10-29(11-9-28)35(32,33)18-5-6-18/h1-4,13-14,18H,5-12,15H2,(H,27,30). The summed E-state index contributed by atoms with van der Waals surface area (Å²) in [5.41, 5.74) is 2.90. The number of H-pyrrole nitrogens is 1. The molecule has 0 spiro atoms. The van der Waals surface area contributed by atoms with Gasteiger partial charge in [-0.3, -0.25) is 9.59 Å². The number of carbonyl (C=O) groups is 1. The minimum absolute atomic E-state index is 0.146. The number of sulfonamides is 1. The van der Waals surface area contributed by atoms with Crippen molar-refractivity contribution in [2.45, 2.75) is 30.9 Å². The molecule has 10 heteroatoms. The van der Waals surface area contributed by atoms with Gasteiger partial charge in [-0.05, 0) is 36.1 Å². The Labute approximate surface area is 202 Å². The van der Waals surface area contributed by atoms with Crippen molar-refractivity contribution in [3.05, 3.63) is 69.1 Å². The van der Waals surface area contributed by atoms with Crippen molar-refractivity contribution in [3.63, 3.8) is 0 Å². The second-order valence-electron chi connectivity index (χ2n) is 9.39. The van der Waals surface area contributed by atoms with Crippen LogP contribution >= 0.6 is 0 Å². The number of hydrogen-bond acceptors (Lipinski definition) is 6. The second-order valence-corrected chi connectivity index (χ2v) is 11.6. The zero-order valence-electron chi connectivity index (χ0n) is 19.2. The SMILES string of the molecule is O=C(c1cc(Cc2n[nH]c(=O)c3ccccc23)cc2c1OCC2)N1CCN(S(=O)(=O)C2CC2)CC1. The topological polar surface area (TPSA) is 113 Å². The van der Waals surface area contributed by atoms with Crippen molar-refractivity contribution in [2.24, 2.45) is 0 Å². The maximum absolute atomic E-state index is 13.5. The van der Waals surface area contributed by atoms with E-state index in [-0.39, 0.29) is 16.7 Å². The van der Waals surface area contributed by atoms with Crippen LogP contribution in [-0.2, 0) is 22.9 Å². The molecule has 2 aliphatic heterocycles. The lowest BCUT2D eigenvalue weighted by atomic mass is 9.98. The Morgan fingerprint density at radius 3 is 2.57 bits per heavy atom. The molecule has 0 bridgehead atoms. The molecule has 1 aromatic heterocycles. The van der Waals surface area contributed by atoms with Gasteiger partial charge in [-0.25, -0.2) is 13.5 Å². The number of carbonyl (C=O) groups excluding carboxylic acids is 1. The van der Waals surface area contributed by atoms with E-state index in [1.807, 2.05) is 30.3 Å². The molecule has 1 saturated carbocycles. The van der Waals surface area contributed by atoms with E-state index in [0.717, 1.165) is 41.5 Å². The van der Waals surface area contributed by atoms with Crippen LogP contribution in [0.5, 0.6) is 5.75 Å². The number of aromatic nitrogens is 2. The van der Waals surface area contributed by atoms with Crippen LogP contribution in [-0.4, -0.2) is 71.8 Å². The average Bonchev–Trinajstić information content (AvgIpc) is 3.64. The van der Waals surface area contributed by atoms with Gasteiger partial charge in [0, 0.05) is 44.4 Å². The predicted molar refractivity (Wildman–Crippen MR) is 130 cm³/mol. The van der Waals surface area contributed by atoms with Gasteiger partial charge < -0.3 is 9.64 Å². The first-order chi connectivity index (χ1) is 16.9. The smallest absolute Gasteiger partial charge is 0.272 e. The monoisotopic (exact) mass is 494 g/mol. The van der Waals surface area contributed by atoms with Crippen LogP contribution in [0.1, 0.15) is 40.0 Å². The normalized spacial score (nSPS) is 18.5. The van der Waals surface area contributed by atoms with Gasteiger partial charge in [0.15, 0.2) is 0 Å². The molecule has 35 heavy (non-hydrogen) atoms. The minimum atomic E-state index is -3.24. The lowest BCUT2D eigenvalue weighted by Gasteiger charge is -2.34. The Morgan fingerprint density at radius 2 is 1.83 bits per heavy atom. The van der Waals surface area contributed by atoms with Gasteiger partial charge in [-0.1, -0.05) is 24.3 Å². The third kappa shape index (κ3) is 4.00. The molecule has 1 aliphatic carbocycles. The van der Waals surface area contributed by atoms with Gasteiger partial charge in [0.2, 0.25) is 10.0 Å². The Kier molecular flexibility index (Phi) is 5.37. The van der Waals surface area contributed by atoms with Gasteiger partial charge in [0.05, 0.1) is 28.5 Å². The summed E-state index contributed by atoms with van der Waals surface area (Å²) in [6.45, 7) is 1.87. The molecule has 0 radical (unpaired) electrons. The minimum Gasteiger partial charge on any atom is -0.492 e. The first-order valence-electron chi connectivity index (χ1n) is 11.9. The maximum Gasteiger partial charge on any atom is 0.272 e. The van der Waals surface area contributed by atoms with E-state index < -0.39 is 10.0 Å². The molecule has 3 aliphatic rings. The number of fused-ring (bicyclic) bond motifs is 2. The first kappa shape index (κ1) is 22.2. The van der Waals surface area contributed by atoms with E-state index in [9.17, 15) is 18.0 Å². The lowest BCUT2D eigenvalue weighted by Crippen LogP contribution is -2.51. The molecule has 2 fully saturated rings. The summed E-state index contributed by atoms with van der Waals surface area (Å²) in [5.74, 6) is 0.471. The number of nitrogens with one attached hydrogen (secondary N) is 1. The summed E-state index contributed by atoms with van der Waals surface area (Å²) < 4.78 is 32.5. The number of piperazine rings is 1. The lowest BCUT2D eigenvalue weighted by molar-refractivity contribution is 0.0694. The molecule has 3 aromatic rings. The Morgan fingerprint density at radius 1 is 1.09 bits per heavy atom. The van der Waals surface area contributed by atoms with Crippen LogP contribution in [0.4, 0.5) is 0 Å². The van der Waals surface area contributed by atoms with Crippen molar-refractivity contribution in [3.8, 4) is 5.75 Å². The quantitative estimate of drug-likeness (QED) is 0.578. The summed E-state index contributed by atoms with van der Waals surface area (Å²) in [4.78, 5) is 27.4. The van der Waals surface area contributed by atoms with Crippen molar-refractivity contribution < 1.29 is 17.9 Å². The number of aromatic amines is 1. The summed E-state index contributed by atoms with van der Waals surface area (Å²) in [6, 6.07) is 11.2. The zero-order chi connectivity index (χ0) is 24.2. The summed E-state index contributed by atoms with van der Waals surface area (Å²) in [6.07, 6.45) is 2.64. The van der Waals surface area contributed by atoms with Crippen LogP contribution in [0.3, 0.4) is 0 Å². The van der Waals surface area contributed by atoms with Crippen molar-refractivity contribution >= 4 is 26.7 Å². The highest BCUT2D eigenvalue weighted by molar-refractivity contribution is 7.90. The molecule has 6 rings (SSSR count). The average molecular weight is 495 g/mol. The van der Waals surface area contributed by atoms with Gasteiger partial charge in [-0.15, -0.1) is 0 Å². The van der Waals surface area contributed by atoms with Crippen molar-refractivity contribution in [1.29, 1.82) is 0 Å². The third-order valence-corrected chi connectivity index (χ3v) is 9.45. The highest BCUT2D eigenvalue weighted by atomic mass is 32.2. The van der Waals surface area contributed by atoms with Gasteiger partial charge in [0.25, 0.3) is 11.5 Å². The number of rotatable bonds is 5. The maximum atomic E-state index is 13.5. The molecular formula is C25H26N4O5S. The molecule has 0 atom stereocenters. The molecule has 9 nitrogen and oxygen atoms in total. The number of nitrogens with zero attached hydrogens (tertiary/aromatic N) is 3. The van der Waals surface area contributed by atoms with Gasteiger partial charge in [-0.2, -0.15) is 9.40 Å². The molecule has 1 amide bonds. The highest BCUT2D eigenvalue weighted by Gasteiger charge is 2.41. The van der Waals surface area contributed by atoms with E-state index >= 15 is 0 Å². The fourth-order valence-corrected chi connectivity index (χ4v) is 6.85. The Balaban J connectivity index is 1.27. The van der Waals surface area contributed by atoms with E-state index in [1.165, 1.54) is 4.31 Å². The van der Waals surface area contributed by atoms with E-state index in [4.69, 9.17) is 4.74 Å². The molecule has 182 valence electrons. The largest absolute Gasteiger partial charge is 0.492 e. The van der Waals surface area contributed by atoms with E-state index in [1.54, 1.807) is 11.0 Å². The number of hydrogen-bond donors (Lipinski definition) is 1. The number of ether oxygens (including phenoxy) is 1. The van der Waals surface area contributed by atoms with Crippen molar-refractivity contribution in [1.82, 2.24) is 19.4 Å². The fourth-order valence-electron chi connectivity index (χ4n) is 5.03. The van der Waals surface area contributed by atoms with Crippen LogP contribution in [0.25, 0.3) is 10.8 Å². The molecule has 3 heterocycles. The van der Waals surface area contributed by atoms with Crippen LogP contribution in [0.2, 0.25) is 0 Å². The van der Waals surface area contributed by atoms with Crippen LogP contribution in [0, 0.1) is 0 Å². The Hall–Kier alpha value is -3.24. The first-order valence-corrected chi connectivity index (χ1v) is 13.5. The summed E-state index contributed by atoms with van der Waals surface area (Å²) in [5, 5.41) is 7.98. The van der Waals surface area contributed by atoms with E-state index in [2.05, 4.69) is 10.2 Å². The molecule has 1 N–H and O–H groups in total. The van der Waals surface area contributed by atoms with Gasteiger partial charge >= 0.3 is 0 Å². The molecule has 2 aromatic carbocycles. The van der Waals surface area contributed by atoms with Gasteiger partial charge in [0.1, 0.15) is 5.75 Å². The number of benzene rings is 2.